The summed E-state index contributed by atoms with van der Waals surface area (Å²) in [5.41, 5.74) is -0.334. The Hall–Kier alpha value is -0.620. The second-order valence-electron chi connectivity index (χ2n) is 5.34. The molecular weight excluding hydrogens is 230 g/mol. The Bertz CT molecular complexity index is 342. The summed E-state index contributed by atoms with van der Waals surface area (Å²) in [6, 6.07) is 0. The van der Waals surface area contributed by atoms with Gasteiger partial charge in [-0.2, -0.15) is 0 Å². The van der Waals surface area contributed by atoms with Gasteiger partial charge in [0.2, 0.25) is 10.0 Å². The minimum Gasteiger partial charge on any atom is -0.481 e. The monoisotopic (exact) mass is 251 g/mol. The first-order valence-corrected chi connectivity index (χ1v) is 6.73. The van der Waals surface area contributed by atoms with Crippen LogP contribution in [0.3, 0.4) is 0 Å². The average molecular weight is 251 g/mol. The highest BCUT2D eigenvalue weighted by atomic mass is 32.2. The highest BCUT2D eigenvalue weighted by Crippen LogP contribution is 2.18. The number of hydrogen-bond acceptors (Lipinski definition) is 3. The van der Waals surface area contributed by atoms with Gasteiger partial charge in [-0.15, -0.1) is 0 Å². The van der Waals surface area contributed by atoms with Crippen molar-refractivity contribution in [3.05, 3.63) is 0 Å². The van der Waals surface area contributed by atoms with E-state index in [9.17, 15) is 13.2 Å². The molecule has 0 heterocycles. The molecule has 0 aromatic carbocycles. The molecule has 1 N–H and O–H groups in total. The number of sulfonamides is 1. The van der Waals surface area contributed by atoms with Gasteiger partial charge in [-0.3, -0.25) is 4.79 Å². The molecule has 0 aliphatic carbocycles. The molecule has 0 amide bonds. The van der Waals surface area contributed by atoms with E-state index in [0.717, 1.165) is 4.31 Å². The molecular formula is C10H21NO4S. The van der Waals surface area contributed by atoms with Crippen LogP contribution in [0.25, 0.3) is 0 Å². The summed E-state index contributed by atoms with van der Waals surface area (Å²) >= 11 is 0. The van der Waals surface area contributed by atoms with Crippen molar-refractivity contribution in [1.82, 2.24) is 4.31 Å². The van der Waals surface area contributed by atoms with Crippen molar-refractivity contribution in [1.29, 1.82) is 0 Å². The predicted molar refractivity (Wildman–Crippen MR) is 62.7 cm³/mol. The minimum atomic E-state index is -3.38. The number of aliphatic carboxylic acids is 1. The average Bonchev–Trinajstić information content (AvgIpc) is 1.98. The van der Waals surface area contributed by atoms with Crippen molar-refractivity contribution in [2.24, 2.45) is 11.3 Å². The van der Waals surface area contributed by atoms with Crippen LogP contribution in [0.5, 0.6) is 0 Å². The molecule has 0 rings (SSSR count). The van der Waals surface area contributed by atoms with E-state index in [-0.39, 0.29) is 17.7 Å². The third-order valence-electron chi connectivity index (χ3n) is 2.04. The van der Waals surface area contributed by atoms with E-state index in [1.165, 1.54) is 14.0 Å². The third kappa shape index (κ3) is 5.46. The van der Waals surface area contributed by atoms with Crippen LogP contribution in [-0.4, -0.2) is 43.1 Å². The molecule has 0 fully saturated rings. The van der Waals surface area contributed by atoms with E-state index in [1.54, 1.807) is 0 Å². The first-order chi connectivity index (χ1) is 6.96. The van der Waals surface area contributed by atoms with Crippen LogP contribution >= 0.6 is 0 Å². The van der Waals surface area contributed by atoms with E-state index in [4.69, 9.17) is 5.11 Å². The molecule has 0 aromatic heterocycles. The lowest BCUT2D eigenvalue weighted by Gasteiger charge is -2.24. The van der Waals surface area contributed by atoms with Gasteiger partial charge < -0.3 is 5.11 Å². The summed E-state index contributed by atoms with van der Waals surface area (Å²) in [5.74, 6) is -1.67. The molecule has 0 spiro atoms. The maximum absolute atomic E-state index is 11.8. The zero-order chi connectivity index (χ0) is 13.1. The summed E-state index contributed by atoms with van der Waals surface area (Å²) in [6.07, 6.45) is 0. The van der Waals surface area contributed by atoms with Gasteiger partial charge in [-0.25, -0.2) is 12.7 Å². The molecule has 5 nitrogen and oxygen atoms in total. The van der Waals surface area contributed by atoms with Gasteiger partial charge in [-0.1, -0.05) is 27.7 Å². The summed E-state index contributed by atoms with van der Waals surface area (Å²) in [4.78, 5) is 10.6. The topological polar surface area (TPSA) is 74.7 Å². The van der Waals surface area contributed by atoms with Crippen molar-refractivity contribution in [2.45, 2.75) is 27.7 Å². The fourth-order valence-corrected chi connectivity index (χ4v) is 3.00. The van der Waals surface area contributed by atoms with Gasteiger partial charge in [0.05, 0.1) is 11.7 Å². The molecule has 0 radical (unpaired) electrons. The fraction of sp³-hybridized carbons (Fsp3) is 0.900. The van der Waals surface area contributed by atoms with Crippen LogP contribution in [0.4, 0.5) is 0 Å². The van der Waals surface area contributed by atoms with Crippen LogP contribution in [0.2, 0.25) is 0 Å². The fourth-order valence-electron chi connectivity index (χ4n) is 1.23. The van der Waals surface area contributed by atoms with E-state index in [0.29, 0.717) is 0 Å². The summed E-state index contributed by atoms with van der Waals surface area (Å²) in [6.45, 7) is 7.00. The van der Waals surface area contributed by atoms with Crippen molar-refractivity contribution in [3.8, 4) is 0 Å². The summed E-state index contributed by atoms with van der Waals surface area (Å²) < 4.78 is 24.8. The molecule has 0 aliphatic rings. The molecule has 0 bridgehead atoms. The summed E-state index contributed by atoms with van der Waals surface area (Å²) in [7, 11) is -1.96. The largest absolute Gasteiger partial charge is 0.481 e. The Morgan fingerprint density at radius 2 is 1.81 bits per heavy atom. The van der Waals surface area contributed by atoms with Gasteiger partial charge in [0.15, 0.2) is 0 Å². The molecule has 0 saturated heterocycles. The molecule has 96 valence electrons. The van der Waals surface area contributed by atoms with Crippen molar-refractivity contribution in [3.63, 3.8) is 0 Å². The molecule has 1 unspecified atom stereocenters. The molecule has 0 aliphatic heterocycles. The van der Waals surface area contributed by atoms with Gasteiger partial charge in [0.1, 0.15) is 0 Å². The Labute approximate surface area is 97.5 Å². The number of hydrogen-bond donors (Lipinski definition) is 1. The normalized spacial score (nSPS) is 15.1. The second-order valence-corrected chi connectivity index (χ2v) is 7.41. The van der Waals surface area contributed by atoms with Gasteiger partial charge >= 0.3 is 5.97 Å². The molecule has 0 saturated carbocycles. The lowest BCUT2D eigenvalue weighted by molar-refractivity contribution is -0.141. The highest BCUT2D eigenvalue weighted by molar-refractivity contribution is 7.89. The lowest BCUT2D eigenvalue weighted by Crippen LogP contribution is -2.38. The van der Waals surface area contributed by atoms with Crippen LogP contribution < -0.4 is 0 Å². The van der Waals surface area contributed by atoms with Crippen LogP contribution in [-0.2, 0) is 14.8 Å². The van der Waals surface area contributed by atoms with Crippen molar-refractivity contribution in [2.75, 3.05) is 19.3 Å². The molecule has 16 heavy (non-hydrogen) atoms. The van der Waals surface area contributed by atoms with Crippen LogP contribution in [0.1, 0.15) is 27.7 Å². The Balaban J connectivity index is 4.60. The Morgan fingerprint density at radius 3 is 2.12 bits per heavy atom. The quantitative estimate of drug-likeness (QED) is 0.791. The van der Waals surface area contributed by atoms with Crippen molar-refractivity contribution >= 4 is 16.0 Å². The summed E-state index contributed by atoms with van der Waals surface area (Å²) in [5, 5.41) is 8.71. The SMILES string of the molecule is CC(CN(C)S(=O)(=O)CC(C)(C)C)C(=O)O. The number of nitrogens with zero attached hydrogens (tertiary/aromatic N) is 1. The van der Waals surface area contributed by atoms with Gasteiger partial charge in [0.25, 0.3) is 0 Å². The molecule has 1 atom stereocenters. The minimum absolute atomic E-state index is 0.00769. The zero-order valence-electron chi connectivity index (χ0n) is 10.5. The highest BCUT2D eigenvalue weighted by Gasteiger charge is 2.27. The number of carboxylic acid groups (broad SMARTS) is 1. The zero-order valence-corrected chi connectivity index (χ0v) is 11.3. The van der Waals surface area contributed by atoms with E-state index in [2.05, 4.69) is 0 Å². The first-order valence-electron chi connectivity index (χ1n) is 5.12. The molecule has 6 heteroatoms. The number of rotatable bonds is 5. The van der Waals surface area contributed by atoms with E-state index < -0.39 is 21.9 Å². The maximum atomic E-state index is 11.8. The first kappa shape index (κ1) is 15.4. The molecule has 0 aromatic rings. The smallest absolute Gasteiger partial charge is 0.307 e. The third-order valence-corrected chi connectivity index (χ3v) is 4.37. The maximum Gasteiger partial charge on any atom is 0.307 e. The standard InChI is InChI=1S/C10H21NO4S/c1-8(9(12)13)6-11(5)16(14,15)7-10(2,3)4/h8H,6-7H2,1-5H3,(H,12,13). The van der Waals surface area contributed by atoms with Crippen LogP contribution in [0.15, 0.2) is 0 Å². The number of carbonyl (C=O) groups is 1. The van der Waals surface area contributed by atoms with Crippen LogP contribution in [0, 0.1) is 11.3 Å². The Morgan fingerprint density at radius 1 is 1.38 bits per heavy atom. The lowest BCUT2D eigenvalue weighted by atomic mass is 10.0. The van der Waals surface area contributed by atoms with Gasteiger partial charge in [0, 0.05) is 13.6 Å². The number of carboxylic acids is 1. The van der Waals surface area contributed by atoms with Gasteiger partial charge in [-0.05, 0) is 5.41 Å². The Kier molecular flexibility index (Phi) is 4.94. The second kappa shape index (κ2) is 5.14. The van der Waals surface area contributed by atoms with Crippen molar-refractivity contribution < 1.29 is 18.3 Å². The van der Waals surface area contributed by atoms with E-state index in [1.807, 2.05) is 20.8 Å². The predicted octanol–water partition coefficient (Wildman–Crippen LogP) is 1.01. The van der Waals surface area contributed by atoms with E-state index >= 15 is 0 Å².